The van der Waals surface area contributed by atoms with Crippen molar-refractivity contribution >= 4 is 11.8 Å². The van der Waals surface area contributed by atoms with E-state index in [2.05, 4.69) is 30.5 Å². The lowest BCUT2D eigenvalue weighted by atomic mass is 10.2. The van der Waals surface area contributed by atoms with Crippen LogP contribution in [0.3, 0.4) is 0 Å². The summed E-state index contributed by atoms with van der Waals surface area (Å²) in [6.07, 6.45) is 2.12. The Balaban J connectivity index is 0.000000810. The van der Waals surface area contributed by atoms with E-state index in [1.165, 1.54) is 5.56 Å². The molecule has 0 saturated heterocycles. The maximum Gasteiger partial charge on any atom is 0.0181 e. The van der Waals surface area contributed by atoms with Crippen LogP contribution in [0.2, 0.25) is 0 Å². The molecule has 0 radical (unpaired) electrons. The van der Waals surface area contributed by atoms with Crippen molar-refractivity contribution in [2.75, 3.05) is 6.26 Å². The average Bonchev–Trinajstić information content (AvgIpc) is 1.91. The van der Waals surface area contributed by atoms with Crippen LogP contribution in [0.25, 0.3) is 0 Å². The number of thioether (sulfide) groups is 1. The molecule has 0 fully saturated rings. The Morgan fingerprint density at radius 3 is 2.30 bits per heavy atom. The van der Waals surface area contributed by atoms with Crippen molar-refractivity contribution in [1.82, 2.24) is 0 Å². The molecule has 0 spiro atoms. The molecule has 1 heteroatoms. The van der Waals surface area contributed by atoms with E-state index in [0.717, 1.165) is 5.75 Å². The van der Waals surface area contributed by atoms with Gasteiger partial charge in [-0.1, -0.05) is 37.8 Å². The summed E-state index contributed by atoms with van der Waals surface area (Å²) in [5, 5.41) is 0. The van der Waals surface area contributed by atoms with Crippen molar-refractivity contribution in [3.05, 3.63) is 35.9 Å². The molecule has 1 rings (SSSR count). The van der Waals surface area contributed by atoms with Crippen LogP contribution < -0.4 is 0 Å². The summed E-state index contributed by atoms with van der Waals surface area (Å²) in [5.74, 6) is 1.13. The van der Waals surface area contributed by atoms with E-state index < -0.39 is 0 Å². The van der Waals surface area contributed by atoms with Crippen molar-refractivity contribution in [3.63, 3.8) is 0 Å². The molecule has 1 aromatic carbocycles. The van der Waals surface area contributed by atoms with E-state index in [1.54, 1.807) is 0 Å². The fraction of sp³-hybridized carbons (Fsp3) is 0.333. The van der Waals surface area contributed by atoms with Crippen molar-refractivity contribution in [1.29, 1.82) is 0 Å². The zero-order valence-electron chi connectivity index (χ0n) is 5.50. The molecule has 0 atom stereocenters. The van der Waals surface area contributed by atoms with Gasteiger partial charge in [0.05, 0.1) is 0 Å². The monoisotopic (exact) mass is 154 g/mol. The van der Waals surface area contributed by atoms with E-state index in [1.807, 2.05) is 17.8 Å². The Bertz CT molecular complexity index is 158. The smallest absolute Gasteiger partial charge is 0.0181 e. The van der Waals surface area contributed by atoms with Gasteiger partial charge in [-0.15, -0.1) is 0 Å². The lowest BCUT2D eigenvalue weighted by Crippen LogP contribution is -1.74. The van der Waals surface area contributed by atoms with Gasteiger partial charge in [0.25, 0.3) is 0 Å². The van der Waals surface area contributed by atoms with Crippen LogP contribution in [0.1, 0.15) is 13.0 Å². The highest BCUT2D eigenvalue weighted by atomic mass is 32.2. The van der Waals surface area contributed by atoms with Gasteiger partial charge in [0, 0.05) is 5.75 Å². The van der Waals surface area contributed by atoms with Crippen LogP contribution in [0.15, 0.2) is 30.3 Å². The first-order valence-electron chi connectivity index (χ1n) is 2.96. The predicted molar refractivity (Wildman–Crippen MR) is 50.4 cm³/mol. The molecule has 0 heterocycles. The summed E-state index contributed by atoms with van der Waals surface area (Å²) in [6, 6.07) is 10.5. The Morgan fingerprint density at radius 1 is 1.20 bits per heavy atom. The second-order valence-corrected chi connectivity index (χ2v) is 2.78. The molecular weight excluding hydrogens is 140 g/mol. The van der Waals surface area contributed by atoms with Gasteiger partial charge < -0.3 is 0 Å². The molecule has 0 N–H and O–H groups in total. The summed E-state index contributed by atoms with van der Waals surface area (Å²) in [6.45, 7) is 0. The summed E-state index contributed by atoms with van der Waals surface area (Å²) in [4.78, 5) is 0. The summed E-state index contributed by atoms with van der Waals surface area (Å²) < 4.78 is 0. The number of hydrogen-bond donors (Lipinski definition) is 0. The SMILES string of the molecule is C.CSCc1ccccc1. The molecule has 10 heavy (non-hydrogen) atoms. The maximum absolute atomic E-state index is 2.15. The quantitative estimate of drug-likeness (QED) is 0.630. The lowest BCUT2D eigenvalue weighted by Gasteiger charge is -1.93. The van der Waals surface area contributed by atoms with Crippen LogP contribution in [-0.2, 0) is 5.75 Å². The molecule has 0 aromatic heterocycles. The Labute approximate surface area is 67.7 Å². The Hall–Kier alpha value is -0.430. The maximum atomic E-state index is 2.15. The second-order valence-electron chi connectivity index (χ2n) is 1.92. The summed E-state index contributed by atoms with van der Waals surface area (Å²) >= 11 is 1.85. The largest absolute Gasteiger partial charge is 0.161 e. The lowest BCUT2D eigenvalue weighted by molar-refractivity contribution is 1.42. The van der Waals surface area contributed by atoms with E-state index in [0.29, 0.717) is 0 Å². The zero-order chi connectivity index (χ0) is 6.53. The van der Waals surface area contributed by atoms with Crippen LogP contribution >= 0.6 is 11.8 Å². The van der Waals surface area contributed by atoms with Crippen LogP contribution in [-0.4, -0.2) is 6.26 Å². The Kier molecular flexibility index (Phi) is 5.13. The molecular formula is C9H14S. The predicted octanol–water partition coefficient (Wildman–Crippen LogP) is 3.19. The van der Waals surface area contributed by atoms with Gasteiger partial charge >= 0.3 is 0 Å². The molecule has 0 aliphatic carbocycles. The second kappa shape index (κ2) is 5.36. The van der Waals surface area contributed by atoms with Crippen LogP contribution in [0.4, 0.5) is 0 Å². The number of benzene rings is 1. The molecule has 0 aliphatic heterocycles. The van der Waals surface area contributed by atoms with Gasteiger partial charge in [0.15, 0.2) is 0 Å². The van der Waals surface area contributed by atoms with Crippen molar-refractivity contribution in [3.8, 4) is 0 Å². The van der Waals surface area contributed by atoms with Gasteiger partial charge in [0.2, 0.25) is 0 Å². The molecule has 0 saturated carbocycles. The van der Waals surface area contributed by atoms with E-state index >= 15 is 0 Å². The molecule has 56 valence electrons. The number of rotatable bonds is 2. The fourth-order valence-electron chi connectivity index (χ4n) is 0.741. The highest BCUT2D eigenvalue weighted by molar-refractivity contribution is 7.97. The van der Waals surface area contributed by atoms with Crippen molar-refractivity contribution in [2.24, 2.45) is 0 Å². The first kappa shape index (κ1) is 9.57. The summed E-state index contributed by atoms with van der Waals surface area (Å²) in [5.41, 5.74) is 1.41. The third-order valence-corrected chi connectivity index (χ3v) is 1.78. The van der Waals surface area contributed by atoms with Crippen molar-refractivity contribution in [2.45, 2.75) is 13.2 Å². The minimum atomic E-state index is 0. The molecule has 0 unspecified atom stereocenters. The van der Waals surface area contributed by atoms with Crippen LogP contribution in [0, 0.1) is 0 Å². The van der Waals surface area contributed by atoms with E-state index in [9.17, 15) is 0 Å². The van der Waals surface area contributed by atoms with Gasteiger partial charge in [0.1, 0.15) is 0 Å². The summed E-state index contributed by atoms with van der Waals surface area (Å²) in [7, 11) is 0. The zero-order valence-corrected chi connectivity index (χ0v) is 6.32. The van der Waals surface area contributed by atoms with E-state index in [-0.39, 0.29) is 7.43 Å². The van der Waals surface area contributed by atoms with Gasteiger partial charge in [-0.25, -0.2) is 0 Å². The molecule has 1 aromatic rings. The fourth-order valence-corrected chi connectivity index (χ4v) is 1.27. The highest BCUT2D eigenvalue weighted by Gasteiger charge is 1.84. The normalized spacial score (nSPS) is 8.50. The number of hydrogen-bond acceptors (Lipinski definition) is 1. The highest BCUT2D eigenvalue weighted by Crippen LogP contribution is 2.06. The standard InChI is InChI=1S/C8H10S.CH4/c1-9-7-8-5-3-2-4-6-8;/h2-6H,7H2,1H3;1H4. The Morgan fingerprint density at radius 2 is 1.80 bits per heavy atom. The first-order chi connectivity index (χ1) is 4.43. The third-order valence-electron chi connectivity index (χ3n) is 1.15. The average molecular weight is 154 g/mol. The first-order valence-corrected chi connectivity index (χ1v) is 4.36. The van der Waals surface area contributed by atoms with Gasteiger partial charge in [-0.05, 0) is 11.8 Å². The molecule has 0 nitrogen and oxygen atoms in total. The van der Waals surface area contributed by atoms with E-state index in [4.69, 9.17) is 0 Å². The van der Waals surface area contributed by atoms with Crippen LogP contribution in [0.5, 0.6) is 0 Å². The minimum absolute atomic E-state index is 0. The minimum Gasteiger partial charge on any atom is -0.161 e. The van der Waals surface area contributed by atoms with Gasteiger partial charge in [-0.2, -0.15) is 11.8 Å². The molecule has 0 aliphatic rings. The van der Waals surface area contributed by atoms with Gasteiger partial charge in [-0.3, -0.25) is 0 Å². The molecule has 0 amide bonds. The topological polar surface area (TPSA) is 0 Å². The third kappa shape index (κ3) is 2.92. The molecule has 0 bridgehead atoms. The van der Waals surface area contributed by atoms with Crippen molar-refractivity contribution < 1.29 is 0 Å².